The molecule has 2 rings (SSSR count). The van der Waals surface area contributed by atoms with E-state index in [-0.39, 0.29) is 30.7 Å². The van der Waals surface area contributed by atoms with Crippen LogP contribution in [0.2, 0.25) is 0 Å². The molecular weight excluding hydrogens is 305 g/mol. The highest BCUT2D eigenvalue weighted by atomic mass is 35.5. The Morgan fingerprint density at radius 1 is 1.32 bits per heavy atom. The van der Waals surface area contributed by atoms with Gasteiger partial charge >= 0.3 is 0 Å². The number of halogens is 2. The van der Waals surface area contributed by atoms with Crippen LogP contribution in [0.1, 0.15) is 4.88 Å². The van der Waals surface area contributed by atoms with E-state index >= 15 is 0 Å². The molecule has 1 fully saturated rings. The summed E-state index contributed by atoms with van der Waals surface area (Å²) in [6.45, 7) is 5.13. The summed E-state index contributed by atoms with van der Waals surface area (Å²) in [6, 6.07) is 4.26. The minimum absolute atomic E-state index is 0. The van der Waals surface area contributed by atoms with Gasteiger partial charge < -0.3 is 10.2 Å². The topological polar surface area (TPSA) is 35.6 Å². The van der Waals surface area contributed by atoms with Gasteiger partial charge in [-0.2, -0.15) is 0 Å². The largest absolute Gasteiger partial charge is 0.339 e. The van der Waals surface area contributed by atoms with Crippen molar-refractivity contribution < 1.29 is 4.79 Å². The number of hydrogen-bond donors (Lipinski definition) is 1. The van der Waals surface area contributed by atoms with E-state index in [0.717, 1.165) is 32.7 Å². The molecule has 1 N–H and O–H groups in total. The molecule has 1 amide bonds. The first-order chi connectivity index (χ1) is 8.29. The van der Waals surface area contributed by atoms with Crippen molar-refractivity contribution in [2.24, 2.45) is 0 Å². The lowest BCUT2D eigenvalue weighted by Crippen LogP contribution is -2.50. The molecule has 0 aromatic carbocycles. The number of likely N-dealkylation sites (N-methyl/N-ethyl adjacent to an activating group) is 1. The Balaban J connectivity index is 0.00000162. The molecule has 1 saturated heterocycles. The van der Waals surface area contributed by atoms with E-state index in [2.05, 4.69) is 27.7 Å². The van der Waals surface area contributed by atoms with Crippen molar-refractivity contribution in [3.8, 4) is 0 Å². The van der Waals surface area contributed by atoms with Gasteiger partial charge in [-0.05, 0) is 18.5 Å². The predicted molar refractivity (Wildman–Crippen MR) is 84.6 cm³/mol. The fourth-order valence-electron chi connectivity index (χ4n) is 2.04. The maximum Gasteiger partial charge on any atom is 0.236 e. The van der Waals surface area contributed by atoms with Gasteiger partial charge in [-0.1, -0.05) is 6.07 Å². The predicted octanol–water partition coefficient (Wildman–Crippen LogP) is 1.46. The molecule has 0 spiro atoms. The van der Waals surface area contributed by atoms with Crippen molar-refractivity contribution in [3.63, 3.8) is 0 Å². The van der Waals surface area contributed by atoms with Gasteiger partial charge in [0.05, 0.1) is 6.54 Å². The molecule has 4 nitrogen and oxygen atoms in total. The van der Waals surface area contributed by atoms with Crippen molar-refractivity contribution in [2.75, 3.05) is 39.8 Å². The van der Waals surface area contributed by atoms with Gasteiger partial charge in [0, 0.05) is 37.6 Å². The minimum Gasteiger partial charge on any atom is -0.339 e. The average molecular weight is 326 g/mol. The fourth-order valence-corrected chi connectivity index (χ4v) is 2.79. The third kappa shape index (κ3) is 5.67. The number of nitrogens with zero attached hydrogens (tertiary/aromatic N) is 2. The number of carbonyl (C=O) groups excluding carboxylic acids is 1. The van der Waals surface area contributed by atoms with E-state index in [1.165, 1.54) is 4.88 Å². The molecule has 0 atom stereocenters. The molecular formula is C12H21Cl2N3OS. The van der Waals surface area contributed by atoms with Crippen molar-refractivity contribution in [3.05, 3.63) is 22.4 Å². The quantitative estimate of drug-likeness (QED) is 0.910. The minimum atomic E-state index is 0. The molecule has 1 aromatic heterocycles. The Morgan fingerprint density at radius 3 is 2.53 bits per heavy atom. The fraction of sp³-hybridized carbons (Fsp3) is 0.583. The van der Waals surface area contributed by atoms with Gasteiger partial charge in [0.25, 0.3) is 0 Å². The maximum atomic E-state index is 11.7. The van der Waals surface area contributed by atoms with Crippen LogP contribution in [0.3, 0.4) is 0 Å². The number of piperazine rings is 1. The molecule has 1 aromatic rings. The molecule has 2 heterocycles. The third-order valence-corrected chi connectivity index (χ3v) is 3.87. The number of hydrogen-bond acceptors (Lipinski definition) is 4. The SMILES string of the molecule is CNCC(=O)N1CCN(Cc2cccs2)CC1.Cl.Cl. The van der Waals surface area contributed by atoms with E-state index < -0.39 is 0 Å². The molecule has 0 radical (unpaired) electrons. The van der Waals surface area contributed by atoms with Gasteiger partial charge in [0.1, 0.15) is 0 Å². The van der Waals surface area contributed by atoms with Gasteiger partial charge in [0.2, 0.25) is 5.91 Å². The summed E-state index contributed by atoms with van der Waals surface area (Å²) < 4.78 is 0. The zero-order valence-electron chi connectivity index (χ0n) is 11.0. The second kappa shape index (κ2) is 9.55. The second-order valence-electron chi connectivity index (χ2n) is 4.27. The Labute approximate surface area is 131 Å². The summed E-state index contributed by atoms with van der Waals surface area (Å²) in [4.78, 5) is 17.4. The molecule has 0 unspecified atom stereocenters. The Hall–Kier alpha value is -0.330. The summed E-state index contributed by atoms with van der Waals surface area (Å²) in [7, 11) is 1.81. The molecule has 1 aliphatic rings. The van der Waals surface area contributed by atoms with Crippen LogP contribution in [0.15, 0.2) is 17.5 Å². The van der Waals surface area contributed by atoms with Gasteiger partial charge in [-0.15, -0.1) is 36.2 Å². The molecule has 1 aliphatic heterocycles. The highest BCUT2D eigenvalue weighted by molar-refractivity contribution is 7.09. The number of nitrogens with one attached hydrogen (secondary N) is 1. The summed E-state index contributed by atoms with van der Waals surface area (Å²) in [6.07, 6.45) is 0. The van der Waals surface area contributed by atoms with E-state index in [4.69, 9.17) is 0 Å². The van der Waals surface area contributed by atoms with Crippen LogP contribution in [-0.4, -0.2) is 55.5 Å². The number of thiophene rings is 1. The highest BCUT2D eigenvalue weighted by Gasteiger charge is 2.20. The monoisotopic (exact) mass is 325 g/mol. The maximum absolute atomic E-state index is 11.7. The number of amides is 1. The summed E-state index contributed by atoms with van der Waals surface area (Å²) in [5.74, 6) is 0.211. The van der Waals surface area contributed by atoms with E-state index in [9.17, 15) is 4.79 Å². The van der Waals surface area contributed by atoms with E-state index in [1.807, 2.05) is 11.9 Å². The highest BCUT2D eigenvalue weighted by Crippen LogP contribution is 2.13. The van der Waals surface area contributed by atoms with Crippen molar-refractivity contribution in [1.29, 1.82) is 0 Å². The van der Waals surface area contributed by atoms with Crippen LogP contribution >= 0.6 is 36.2 Å². The van der Waals surface area contributed by atoms with Crippen LogP contribution in [0.25, 0.3) is 0 Å². The standard InChI is InChI=1S/C12H19N3OS.2ClH/c1-13-9-12(16)15-6-4-14(5-7-15)10-11-3-2-8-17-11;;/h2-3,8,13H,4-7,9-10H2,1H3;2*1H. The second-order valence-corrected chi connectivity index (χ2v) is 5.30. The molecule has 7 heteroatoms. The van der Waals surface area contributed by atoms with Gasteiger partial charge in [-0.25, -0.2) is 0 Å². The lowest BCUT2D eigenvalue weighted by Gasteiger charge is -2.34. The van der Waals surface area contributed by atoms with Crippen molar-refractivity contribution in [2.45, 2.75) is 6.54 Å². The van der Waals surface area contributed by atoms with E-state index in [0.29, 0.717) is 6.54 Å². The molecule has 110 valence electrons. The summed E-state index contributed by atoms with van der Waals surface area (Å²) in [5, 5.41) is 5.02. The lowest BCUT2D eigenvalue weighted by molar-refractivity contribution is -0.131. The first-order valence-corrected chi connectivity index (χ1v) is 6.84. The Bertz CT molecular complexity index is 354. The van der Waals surface area contributed by atoms with Crippen LogP contribution in [0, 0.1) is 0 Å². The molecule has 0 aliphatic carbocycles. The first-order valence-electron chi connectivity index (χ1n) is 5.96. The number of rotatable bonds is 4. The Kier molecular flexibility index (Phi) is 9.39. The molecule has 19 heavy (non-hydrogen) atoms. The lowest BCUT2D eigenvalue weighted by atomic mass is 10.3. The van der Waals surface area contributed by atoms with Gasteiger partial charge in [0.15, 0.2) is 0 Å². The summed E-state index contributed by atoms with van der Waals surface area (Å²) >= 11 is 1.80. The number of carbonyl (C=O) groups is 1. The zero-order chi connectivity index (χ0) is 12.1. The van der Waals surface area contributed by atoms with Crippen LogP contribution in [0.4, 0.5) is 0 Å². The molecule has 0 bridgehead atoms. The van der Waals surface area contributed by atoms with E-state index in [1.54, 1.807) is 11.3 Å². The normalized spacial score (nSPS) is 15.5. The van der Waals surface area contributed by atoms with Crippen LogP contribution in [0.5, 0.6) is 0 Å². The Morgan fingerprint density at radius 2 is 2.00 bits per heavy atom. The zero-order valence-corrected chi connectivity index (χ0v) is 13.5. The smallest absolute Gasteiger partial charge is 0.236 e. The van der Waals surface area contributed by atoms with Gasteiger partial charge in [-0.3, -0.25) is 9.69 Å². The summed E-state index contributed by atoms with van der Waals surface area (Å²) in [5.41, 5.74) is 0. The first kappa shape index (κ1) is 18.7. The van der Waals surface area contributed by atoms with Crippen molar-refractivity contribution >= 4 is 42.1 Å². The third-order valence-electron chi connectivity index (χ3n) is 3.01. The van der Waals surface area contributed by atoms with Crippen molar-refractivity contribution in [1.82, 2.24) is 15.1 Å². The average Bonchev–Trinajstić information content (AvgIpc) is 2.83. The van der Waals surface area contributed by atoms with Crippen LogP contribution in [-0.2, 0) is 11.3 Å². The molecule has 0 saturated carbocycles. The van der Waals surface area contributed by atoms with Crippen LogP contribution < -0.4 is 5.32 Å².